The van der Waals surface area contributed by atoms with E-state index in [-0.39, 0.29) is 6.03 Å². The van der Waals surface area contributed by atoms with Gasteiger partial charge in [-0.25, -0.2) is 14.1 Å². The average Bonchev–Trinajstić information content (AvgIpc) is 2.89. The number of rotatable bonds is 4. The van der Waals surface area contributed by atoms with Crippen LogP contribution in [0.1, 0.15) is 30.0 Å². The van der Waals surface area contributed by atoms with Gasteiger partial charge in [0.1, 0.15) is 4.83 Å². The third-order valence-electron chi connectivity index (χ3n) is 4.31. The number of anilines is 2. The van der Waals surface area contributed by atoms with E-state index in [1.807, 2.05) is 19.2 Å². The Morgan fingerprint density at radius 3 is 2.85 bits per heavy atom. The molecule has 26 heavy (non-hydrogen) atoms. The van der Waals surface area contributed by atoms with Crippen LogP contribution in [0.25, 0.3) is 10.2 Å². The summed E-state index contributed by atoms with van der Waals surface area (Å²) in [4.78, 5) is 24.8. The van der Waals surface area contributed by atoms with Gasteiger partial charge >= 0.3 is 6.03 Å². The summed E-state index contributed by atoms with van der Waals surface area (Å²) in [7, 11) is 0. The molecule has 3 aromatic rings. The van der Waals surface area contributed by atoms with Gasteiger partial charge in [0.05, 0.1) is 21.7 Å². The van der Waals surface area contributed by atoms with Gasteiger partial charge in [-0.15, -0.1) is 11.3 Å². The van der Waals surface area contributed by atoms with Crippen molar-refractivity contribution in [2.75, 3.05) is 9.62 Å². The molecule has 0 saturated heterocycles. The first-order valence-corrected chi connectivity index (χ1v) is 10.2. The number of urea groups is 1. The zero-order chi connectivity index (χ0) is 18.4. The van der Waals surface area contributed by atoms with Crippen LogP contribution in [-0.4, -0.2) is 16.0 Å². The molecule has 0 atom stereocenters. The molecule has 5 nitrogen and oxygen atoms in total. The second-order valence-electron chi connectivity index (χ2n) is 6.90. The Bertz CT molecular complexity index is 1010. The molecule has 2 amide bonds. The Labute approximate surface area is 161 Å². The van der Waals surface area contributed by atoms with E-state index in [4.69, 9.17) is 0 Å². The molecule has 0 saturated carbocycles. The summed E-state index contributed by atoms with van der Waals surface area (Å²) in [6.45, 7) is 8.45. The van der Waals surface area contributed by atoms with E-state index in [9.17, 15) is 4.79 Å². The van der Waals surface area contributed by atoms with Crippen molar-refractivity contribution in [3.63, 3.8) is 0 Å². The molecule has 1 aliphatic rings. The minimum Gasteiger partial charge on any atom is -0.305 e. The number of hydrogen-bond donors (Lipinski definition) is 1. The number of hydrogen-bond acceptors (Lipinski definition) is 5. The summed E-state index contributed by atoms with van der Waals surface area (Å²) in [5, 5.41) is 4.03. The number of thiophene rings is 1. The summed E-state index contributed by atoms with van der Waals surface area (Å²) in [6, 6.07) is 3.88. The highest BCUT2D eigenvalue weighted by Crippen LogP contribution is 2.46. The maximum Gasteiger partial charge on any atom is 0.336 e. The predicted molar refractivity (Wildman–Crippen MR) is 109 cm³/mol. The van der Waals surface area contributed by atoms with Gasteiger partial charge in [-0.05, 0) is 55.8 Å². The first kappa shape index (κ1) is 17.3. The van der Waals surface area contributed by atoms with Crippen LogP contribution in [0.5, 0.6) is 0 Å². The second-order valence-corrected chi connectivity index (χ2v) is 9.09. The molecular weight excluding hydrogens is 364 g/mol. The van der Waals surface area contributed by atoms with Gasteiger partial charge in [0.15, 0.2) is 0 Å². The minimum atomic E-state index is -0.137. The Morgan fingerprint density at radius 1 is 1.31 bits per heavy atom. The lowest BCUT2D eigenvalue weighted by molar-refractivity contribution is 0.260. The highest BCUT2D eigenvalue weighted by molar-refractivity contribution is 8.01. The average molecular weight is 385 g/mol. The predicted octanol–water partition coefficient (Wildman–Crippen LogP) is 5.57. The van der Waals surface area contributed by atoms with E-state index in [0.29, 0.717) is 5.92 Å². The zero-order valence-electron chi connectivity index (χ0n) is 15.2. The standard InChI is InChI=1S/C19H20N4OS2/c1-10(2)7-13-8-11(3)15(9-21-13)26-23-14-5-6-20-18-16(14)17(12(4)25-18)22-19(23)24/h5-6,8-10H,7H2,1-4H3,(H,22,24). The molecule has 7 heteroatoms. The SMILES string of the molecule is Cc1cc(CC(C)C)ncc1SN1C(=O)Nc2c(C)sc3nccc1c23. The van der Waals surface area contributed by atoms with Crippen molar-refractivity contribution < 1.29 is 4.79 Å². The van der Waals surface area contributed by atoms with Gasteiger partial charge in [-0.1, -0.05) is 13.8 Å². The van der Waals surface area contributed by atoms with E-state index in [0.717, 1.165) is 49.0 Å². The molecule has 0 unspecified atom stereocenters. The van der Waals surface area contributed by atoms with Gasteiger partial charge < -0.3 is 5.32 Å². The molecule has 134 valence electrons. The fourth-order valence-corrected chi connectivity index (χ4v) is 4.97. The topological polar surface area (TPSA) is 58.1 Å². The molecule has 1 aliphatic heterocycles. The fraction of sp³-hybridized carbons (Fsp3) is 0.316. The van der Waals surface area contributed by atoms with Crippen LogP contribution in [0.3, 0.4) is 0 Å². The largest absolute Gasteiger partial charge is 0.336 e. The van der Waals surface area contributed by atoms with Crippen molar-refractivity contribution >= 4 is 50.9 Å². The Morgan fingerprint density at radius 2 is 2.12 bits per heavy atom. The number of amides is 2. The molecule has 3 aromatic heterocycles. The van der Waals surface area contributed by atoms with E-state index in [1.165, 1.54) is 11.9 Å². The lowest BCUT2D eigenvalue weighted by Crippen LogP contribution is -2.32. The molecule has 0 bridgehead atoms. The second kappa shape index (κ2) is 6.55. The Hall–Kier alpha value is -2.12. The molecule has 1 N–H and O–H groups in total. The number of carbonyl (C=O) groups excluding carboxylic acids is 1. The number of nitrogens with zero attached hydrogens (tertiary/aromatic N) is 3. The van der Waals surface area contributed by atoms with Gasteiger partial charge in [0, 0.05) is 23.0 Å². The highest BCUT2D eigenvalue weighted by Gasteiger charge is 2.30. The highest BCUT2D eigenvalue weighted by atomic mass is 32.2. The smallest absolute Gasteiger partial charge is 0.305 e. The van der Waals surface area contributed by atoms with Crippen LogP contribution in [0.4, 0.5) is 16.2 Å². The van der Waals surface area contributed by atoms with Crippen LogP contribution in [0.15, 0.2) is 29.4 Å². The van der Waals surface area contributed by atoms with Gasteiger partial charge in [0.25, 0.3) is 0 Å². The molecule has 0 fully saturated rings. The maximum absolute atomic E-state index is 12.7. The summed E-state index contributed by atoms with van der Waals surface area (Å²) < 4.78 is 1.70. The normalized spacial score (nSPS) is 13.6. The zero-order valence-corrected chi connectivity index (χ0v) is 16.8. The van der Waals surface area contributed by atoms with E-state index in [1.54, 1.807) is 21.8 Å². The molecule has 0 radical (unpaired) electrons. The number of aryl methyl sites for hydroxylation is 2. The number of nitrogens with one attached hydrogen (secondary N) is 1. The molecule has 4 rings (SSSR count). The van der Waals surface area contributed by atoms with Crippen molar-refractivity contribution in [3.8, 4) is 0 Å². The summed E-state index contributed by atoms with van der Waals surface area (Å²) in [5.41, 5.74) is 3.99. The van der Waals surface area contributed by atoms with Crippen molar-refractivity contribution in [2.24, 2.45) is 5.92 Å². The summed E-state index contributed by atoms with van der Waals surface area (Å²) >= 11 is 3.01. The summed E-state index contributed by atoms with van der Waals surface area (Å²) in [5.74, 6) is 0.568. The van der Waals surface area contributed by atoms with Crippen LogP contribution in [0.2, 0.25) is 0 Å². The van der Waals surface area contributed by atoms with Crippen LogP contribution < -0.4 is 9.62 Å². The monoisotopic (exact) mass is 384 g/mol. The number of carbonyl (C=O) groups is 1. The van der Waals surface area contributed by atoms with Crippen molar-refractivity contribution in [2.45, 2.75) is 39.0 Å². The Balaban J connectivity index is 1.71. The van der Waals surface area contributed by atoms with Crippen LogP contribution in [0, 0.1) is 19.8 Å². The third kappa shape index (κ3) is 2.95. The molecule has 0 spiro atoms. The van der Waals surface area contributed by atoms with Gasteiger partial charge in [-0.2, -0.15) is 0 Å². The molecular formula is C19H20N4OS2. The lowest BCUT2D eigenvalue weighted by Gasteiger charge is -2.27. The lowest BCUT2D eigenvalue weighted by atomic mass is 10.1. The van der Waals surface area contributed by atoms with Gasteiger partial charge in [-0.3, -0.25) is 4.98 Å². The molecule has 0 aliphatic carbocycles. The fourth-order valence-electron chi connectivity index (χ4n) is 3.12. The molecule has 0 aromatic carbocycles. The Kier molecular flexibility index (Phi) is 4.36. The van der Waals surface area contributed by atoms with Crippen LogP contribution in [-0.2, 0) is 6.42 Å². The van der Waals surface area contributed by atoms with Crippen LogP contribution >= 0.6 is 23.3 Å². The van der Waals surface area contributed by atoms with Crippen molar-refractivity contribution in [1.29, 1.82) is 0 Å². The van der Waals surface area contributed by atoms with E-state index >= 15 is 0 Å². The number of pyridine rings is 2. The summed E-state index contributed by atoms with van der Waals surface area (Å²) in [6.07, 6.45) is 4.59. The third-order valence-corrected chi connectivity index (χ3v) is 6.49. The first-order chi connectivity index (χ1) is 12.4. The maximum atomic E-state index is 12.7. The number of aromatic nitrogens is 2. The van der Waals surface area contributed by atoms with Gasteiger partial charge in [0.2, 0.25) is 0 Å². The quantitative estimate of drug-likeness (QED) is 0.598. The van der Waals surface area contributed by atoms with Crippen molar-refractivity contribution in [1.82, 2.24) is 9.97 Å². The molecule has 4 heterocycles. The van der Waals surface area contributed by atoms with Crippen molar-refractivity contribution in [3.05, 3.63) is 40.7 Å². The van der Waals surface area contributed by atoms with E-state index < -0.39 is 0 Å². The first-order valence-electron chi connectivity index (χ1n) is 8.56. The minimum absolute atomic E-state index is 0.137. The van der Waals surface area contributed by atoms with E-state index in [2.05, 4.69) is 42.1 Å².